The highest BCUT2D eigenvalue weighted by molar-refractivity contribution is 5.98. The van der Waals surface area contributed by atoms with Crippen molar-refractivity contribution < 1.29 is 4.79 Å². The van der Waals surface area contributed by atoms with E-state index in [9.17, 15) is 4.79 Å². The number of benzene rings is 1. The summed E-state index contributed by atoms with van der Waals surface area (Å²) >= 11 is 0. The molecule has 0 radical (unpaired) electrons. The molecule has 106 valence electrons. The zero-order valence-electron chi connectivity index (χ0n) is 13.6. The van der Waals surface area contributed by atoms with Crippen molar-refractivity contribution in [1.29, 1.82) is 0 Å². The predicted molar refractivity (Wildman–Crippen MR) is 82.2 cm³/mol. The van der Waals surface area contributed by atoms with Crippen LogP contribution in [0.5, 0.6) is 0 Å². The molecule has 0 atom stereocenters. The SMILES string of the molecule is CNC(=O)c1c(C)c(C(C)C)c(C)c(C(C)C)c1C. The monoisotopic (exact) mass is 261 g/mol. The van der Waals surface area contributed by atoms with Crippen molar-refractivity contribution >= 4 is 5.91 Å². The van der Waals surface area contributed by atoms with Crippen LogP contribution in [-0.2, 0) is 0 Å². The molecule has 0 aromatic heterocycles. The predicted octanol–water partition coefficient (Wildman–Crippen LogP) is 4.22. The number of amides is 1. The third-order valence-electron chi connectivity index (χ3n) is 3.97. The lowest BCUT2D eigenvalue weighted by molar-refractivity contribution is 0.0961. The van der Waals surface area contributed by atoms with Crippen molar-refractivity contribution in [2.24, 2.45) is 0 Å². The molecule has 1 aromatic rings. The highest BCUT2D eigenvalue weighted by atomic mass is 16.1. The van der Waals surface area contributed by atoms with E-state index in [2.05, 4.69) is 53.8 Å². The van der Waals surface area contributed by atoms with Gasteiger partial charge in [0.05, 0.1) is 0 Å². The van der Waals surface area contributed by atoms with E-state index in [1.807, 2.05) is 0 Å². The van der Waals surface area contributed by atoms with Crippen LogP contribution in [0.1, 0.15) is 77.7 Å². The average Bonchev–Trinajstić information content (AvgIpc) is 2.26. The molecule has 0 aliphatic carbocycles. The molecular formula is C17H27NO. The number of carbonyl (C=O) groups excluding carboxylic acids is 1. The fourth-order valence-corrected chi connectivity index (χ4v) is 3.46. The number of rotatable bonds is 3. The van der Waals surface area contributed by atoms with E-state index in [-0.39, 0.29) is 5.91 Å². The average molecular weight is 261 g/mol. The number of carbonyl (C=O) groups is 1. The van der Waals surface area contributed by atoms with Gasteiger partial charge in [0.25, 0.3) is 5.91 Å². The van der Waals surface area contributed by atoms with Gasteiger partial charge in [-0.1, -0.05) is 27.7 Å². The zero-order valence-corrected chi connectivity index (χ0v) is 13.6. The molecule has 2 heteroatoms. The standard InChI is InChI=1S/C17H27NO/c1-9(2)14-11(5)15(10(3)4)13(7)16(12(14)6)17(19)18-8/h9-10H,1-8H3,(H,18,19). The summed E-state index contributed by atoms with van der Waals surface area (Å²) in [5, 5.41) is 2.78. The molecule has 1 rings (SSSR count). The molecule has 0 aliphatic heterocycles. The first-order chi connectivity index (χ1) is 8.73. The van der Waals surface area contributed by atoms with Gasteiger partial charge in [-0.25, -0.2) is 0 Å². The van der Waals surface area contributed by atoms with Gasteiger partial charge >= 0.3 is 0 Å². The molecule has 0 saturated heterocycles. The van der Waals surface area contributed by atoms with Crippen molar-refractivity contribution in [2.75, 3.05) is 7.05 Å². The first-order valence-corrected chi connectivity index (χ1v) is 7.09. The molecule has 0 unspecified atom stereocenters. The lowest BCUT2D eigenvalue weighted by Crippen LogP contribution is -2.23. The third-order valence-corrected chi connectivity index (χ3v) is 3.97. The van der Waals surface area contributed by atoms with E-state index in [0.29, 0.717) is 11.8 Å². The summed E-state index contributed by atoms with van der Waals surface area (Å²) in [7, 11) is 1.70. The minimum absolute atomic E-state index is 0.0267. The zero-order chi connectivity index (χ0) is 14.9. The Morgan fingerprint density at radius 2 is 1.21 bits per heavy atom. The van der Waals surface area contributed by atoms with Gasteiger partial charge in [-0.3, -0.25) is 4.79 Å². The summed E-state index contributed by atoms with van der Waals surface area (Å²) in [6, 6.07) is 0. The molecule has 0 fully saturated rings. The second kappa shape index (κ2) is 5.77. The summed E-state index contributed by atoms with van der Waals surface area (Å²) in [6.07, 6.45) is 0. The third kappa shape index (κ3) is 2.68. The summed E-state index contributed by atoms with van der Waals surface area (Å²) in [6.45, 7) is 15.1. The van der Waals surface area contributed by atoms with Crippen LogP contribution < -0.4 is 5.32 Å². The number of hydrogen-bond acceptors (Lipinski definition) is 1. The van der Waals surface area contributed by atoms with Gasteiger partial charge in [-0.05, 0) is 60.4 Å². The van der Waals surface area contributed by atoms with Crippen molar-refractivity contribution in [3.63, 3.8) is 0 Å². The highest BCUT2D eigenvalue weighted by Crippen LogP contribution is 2.35. The second-order valence-corrected chi connectivity index (χ2v) is 5.97. The van der Waals surface area contributed by atoms with Crippen molar-refractivity contribution in [3.8, 4) is 0 Å². The van der Waals surface area contributed by atoms with E-state index in [0.717, 1.165) is 16.7 Å². The largest absolute Gasteiger partial charge is 0.355 e. The second-order valence-electron chi connectivity index (χ2n) is 5.97. The first kappa shape index (κ1) is 15.7. The van der Waals surface area contributed by atoms with E-state index in [1.54, 1.807) is 7.05 Å². The van der Waals surface area contributed by atoms with Gasteiger partial charge in [0.1, 0.15) is 0 Å². The fourth-order valence-electron chi connectivity index (χ4n) is 3.46. The molecule has 1 amide bonds. The van der Waals surface area contributed by atoms with E-state index in [1.165, 1.54) is 16.7 Å². The van der Waals surface area contributed by atoms with Crippen LogP contribution in [0.25, 0.3) is 0 Å². The van der Waals surface area contributed by atoms with Crippen LogP contribution in [0.3, 0.4) is 0 Å². The van der Waals surface area contributed by atoms with Crippen molar-refractivity contribution in [2.45, 2.75) is 60.3 Å². The maximum absolute atomic E-state index is 12.2. The minimum Gasteiger partial charge on any atom is -0.355 e. The topological polar surface area (TPSA) is 29.1 Å². The Morgan fingerprint density at radius 3 is 1.47 bits per heavy atom. The van der Waals surface area contributed by atoms with Crippen LogP contribution in [-0.4, -0.2) is 13.0 Å². The summed E-state index contributed by atoms with van der Waals surface area (Å²) in [5.74, 6) is 0.891. The van der Waals surface area contributed by atoms with Crippen LogP contribution in [0.15, 0.2) is 0 Å². The van der Waals surface area contributed by atoms with E-state index >= 15 is 0 Å². The van der Waals surface area contributed by atoms with Gasteiger partial charge in [0.2, 0.25) is 0 Å². The number of nitrogens with one attached hydrogen (secondary N) is 1. The van der Waals surface area contributed by atoms with Gasteiger partial charge in [-0.2, -0.15) is 0 Å². The Hall–Kier alpha value is -1.31. The summed E-state index contributed by atoms with van der Waals surface area (Å²) in [4.78, 5) is 12.2. The van der Waals surface area contributed by atoms with Crippen molar-refractivity contribution in [1.82, 2.24) is 5.32 Å². The molecular weight excluding hydrogens is 234 g/mol. The van der Waals surface area contributed by atoms with Crippen LogP contribution in [0.4, 0.5) is 0 Å². The van der Waals surface area contributed by atoms with Crippen LogP contribution >= 0.6 is 0 Å². The molecule has 0 heterocycles. The smallest absolute Gasteiger partial charge is 0.251 e. The highest BCUT2D eigenvalue weighted by Gasteiger charge is 2.23. The number of hydrogen-bond donors (Lipinski definition) is 1. The molecule has 1 N–H and O–H groups in total. The Labute approximate surface area is 117 Å². The first-order valence-electron chi connectivity index (χ1n) is 7.09. The molecule has 2 nitrogen and oxygen atoms in total. The quantitative estimate of drug-likeness (QED) is 0.867. The maximum atomic E-state index is 12.2. The maximum Gasteiger partial charge on any atom is 0.251 e. The Bertz CT molecular complexity index is 463. The molecule has 1 aromatic carbocycles. The van der Waals surface area contributed by atoms with E-state index < -0.39 is 0 Å². The normalized spacial score (nSPS) is 11.3. The Kier molecular flexibility index (Phi) is 4.78. The lowest BCUT2D eigenvalue weighted by atomic mass is 9.80. The van der Waals surface area contributed by atoms with Crippen molar-refractivity contribution in [3.05, 3.63) is 33.4 Å². The van der Waals surface area contributed by atoms with Crippen LogP contribution in [0, 0.1) is 20.8 Å². The Balaban J connectivity index is 3.79. The molecule has 0 bridgehead atoms. The Morgan fingerprint density at radius 1 is 0.842 bits per heavy atom. The van der Waals surface area contributed by atoms with Crippen LogP contribution in [0.2, 0.25) is 0 Å². The summed E-state index contributed by atoms with van der Waals surface area (Å²) in [5.41, 5.74) is 7.14. The van der Waals surface area contributed by atoms with Gasteiger partial charge < -0.3 is 5.32 Å². The lowest BCUT2D eigenvalue weighted by Gasteiger charge is -2.25. The molecule has 0 saturated carbocycles. The summed E-state index contributed by atoms with van der Waals surface area (Å²) < 4.78 is 0. The molecule has 0 aliphatic rings. The minimum atomic E-state index is 0.0267. The van der Waals surface area contributed by atoms with Gasteiger partial charge in [-0.15, -0.1) is 0 Å². The molecule has 0 spiro atoms. The van der Waals surface area contributed by atoms with Gasteiger partial charge in [0, 0.05) is 12.6 Å². The fraction of sp³-hybridized carbons (Fsp3) is 0.588. The van der Waals surface area contributed by atoms with Gasteiger partial charge in [0.15, 0.2) is 0 Å². The van der Waals surface area contributed by atoms with E-state index in [4.69, 9.17) is 0 Å². The molecule has 19 heavy (non-hydrogen) atoms.